The molecule has 6 heteroatoms. The Hall–Kier alpha value is -2.63. The number of anilines is 1. The van der Waals surface area contributed by atoms with Crippen molar-refractivity contribution in [2.75, 3.05) is 5.73 Å². The van der Waals surface area contributed by atoms with E-state index in [-0.39, 0.29) is 11.6 Å². The molecular weight excluding hydrogens is 237 g/mol. The zero-order valence-electron chi connectivity index (χ0n) is 9.13. The second kappa shape index (κ2) is 3.99. The highest BCUT2D eigenvalue weighted by atomic mass is 19.1. The monoisotopic (exact) mass is 245 g/mol. The second-order valence-electron chi connectivity index (χ2n) is 3.67. The van der Waals surface area contributed by atoms with Crippen LogP contribution in [0.5, 0.6) is 0 Å². The molecule has 18 heavy (non-hydrogen) atoms. The van der Waals surface area contributed by atoms with Gasteiger partial charge >= 0.3 is 0 Å². The molecule has 0 aliphatic carbocycles. The zero-order valence-corrected chi connectivity index (χ0v) is 9.13. The number of benzene rings is 1. The van der Waals surface area contributed by atoms with E-state index < -0.39 is 5.82 Å². The van der Waals surface area contributed by atoms with E-state index in [1.165, 1.54) is 30.7 Å². The Morgan fingerprint density at radius 3 is 2.83 bits per heavy atom. The Labute approximate surface area is 101 Å². The quantitative estimate of drug-likeness (QED) is 0.702. The van der Waals surface area contributed by atoms with Gasteiger partial charge in [0.15, 0.2) is 0 Å². The Morgan fingerprint density at radius 1 is 1.22 bits per heavy atom. The molecular formula is C12H8FN3O2. The molecule has 0 saturated carbocycles. The minimum Gasteiger partial charge on any atom is -0.472 e. The minimum absolute atomic E-state index is 0.240. The van der Waals surface area contributed by atoms with E-state index in [1.807, 2.05) is 0 Å². The Morgan fingerprint density at radius 2 is 2.11 bits per heavy atom. The van der Waals surface area contributed by atoms with Crippen LogP contribution in [-0.2, 0) is 0 Å². The molecule has 0 aliphatic rings. The van der Waals surface area contributed by atoms with E-state index in [9.17, 15) is 4.39 Å². The molecule has 2 heterocycles. The number of aromatic nitrogens is 2. The standard InChI is InChI=1S/C12H8FN3O2/c13-8-1-2-9(10(14)5-8)12-15-11(16-18-12)7-3-4-17-6-7/h1-6H,14H2. The van der Waals surface area contributed by atoms with Crippen LogP contribution in [0.25, 0.3) is 22.8 Å². The highest BCUT2D eigenvalue weighted by molar-refractivity contribution is 5.71. The first-order valence-corrected chi connectivity index (χ1v) is 5.16. The number of hydrogen-bond donors (Lipinski definition) is 1. The van der Waals surface area contributed by atoms with Crippen molar-refractivity contribution < 1.29 is 13.3 Å². The maximum Gasteiger partial charge on any atom is 0.260 e. The van der Waals surface area contributed by atoms with Gasteiger partial charge in [-0.3, -0.25) is 0 Å². The van der Waals surface area contributed by atoms with Gasteiger partial charge in [0.2, 0.25) is 5.82 Å². The van der Waals surface area contributed by atoms with E-state index >= 15 is 0 Å². The van der Waals surface area contributed by atoms with Gasteiger partial charge in [0.25, 0.3) is 5.89 Å². The second-order valence-corrected chi connectivity index (χ2v) is 3.67. The van der Waals surface area contributed by atoms with E-state index in [2.05, 4.69) is 10.1 Å². The fourth-order valence-corrected chi connectivity index (χ4v) is 1.57. The first-order chi connectivity index (χ1) is 8.74. The molecule has 0 atom stereocenters. The molecule has 2 aromatic heterocycles. The summed E-state index contributed by atoms with van der Waals surface area (Å²) in [6.07, 6.45) is 3.01. The van der Waals surface area contributed by atoms with E-state index in [0.29, 0.717) is 17.0 Å². The van der Waals surface area contributed by atoms with Gasteiger partial charge in [0, 0.05) is 5.69 Å². The molecule has 0 saturated heterocycles. The van der Waals surface area contributed by atoms with Crippen LogP contribution in [0, 0.1) is 5.82 Å². The molecule has 0 fully saturated rings. The van der Waals surface area contributed by atoms with Crippen molar-refractivity contribution >= 4 is 5.69 Å². The fourth-order valence-electron chi connectivity index (χ4n) is 1.57. The van der Waals surface area contributed by atoms with Crippen molar-refractivity contribution in [1.82, 2.24) is 10.1 Å². The lowest BCUT2D eigenvalue weighted by molar-refractivity contribution is 0.432. The summed E-state index contributed by atoms with van der Waals surface area (Å²) in [5.41, 5.74) is 7.14. The third-order valence-electron chi connectivity index (χ3n) is 2.45. The number of nitrogens with zero attached hydrogens (tertiary/aromatic N) is 2. The van der Waals surface area contributed by atoms with E-state index in [0.717, 1.165) is 0 Å². The number of hydrogen-bond acceptors (Lipinski definition) is 5. The molecule has 90 valence electrons. The SMILES string of the molecule is Nc1cc(F)ccc1-c1nc(-c2ccoc2)no1. The van der Waals surface area contributed by atoms with Crippen LogP contribution in [-0.4, -0.2) is 10.1 Å². The largest absolute Gasteiger partial charge is 0.472 e. The predicted molar refractivity (Wildman–Crippen MR) is 61.8 cm³/mol. The van der Waals surface area contributed by atoms with Crippen LogP contribution < -0.4 is 5.73 Å². The van der Waals surface area contributed by atoms with E-state index in [4.69, 9.17) is 14.7 Å². The molecule has 0 amide bonds. The first kappa shape index (κ1) is 10.5. The Balaban J connectivity index is 2.03. The van der Waals surface area contributed by atoms with Crippen molar-refractivity contribution in [3.05, 3.63) is 42.6 Å². The summed E-state index contributed by atoms with van der Waals surface area (Å²) in [7, 11) is 0. The molecule has 3 aromatic rings. The molecule has 5 nitrogen and oxygen atoms in total. The van der Waals surface area contributed by atoms with Gasteiger partial charge in [0.05, 0.1) is 17.4 Å². The molecule has 0 bridgehead atoms. The maximum atomic E-state index is 12.9. The summed E-state index contributed by atoms with van der Waals surface area (Å²) in [6, 6.07) is 5.70. The van der Waals surface area contributed by atoms with Gasteiger partial charge < -0.3 is 14.7 Å². The number of halogens is 1. The van der Waals surface area contributed by atoms with Gasteiger partial charge in [-0.15, -0.1) is 0 Å². The minimum atomic E-state index is -0.411. The highest BCUT2D eigenvalue weighted by Gasteiger charge is 2.13. The van der Waals surface area contributed by atoms with Gasteiger partial charge in [-0.1, -0.05) is 5.16 Å². The fraction of sp³-hybridized carbons (Fsp3) is 0. The van der Waals surface area contributed by atoms with Crippen LogP contribution in [0.15, 0.2) is 45.7 Å². The molecule has 1 aromatic carbocycles. The van der Waals surface area contributed by atoms with Gasteiger partial charge in [-0.25, -0.2) is 4.39 Å². The average Bonchev–Trinajstić information content (AvgIpc) is 2.99. The van der Waals surface area contributed by atoms with Crippen molar-refractivity contribution in [3.8, 4) is 22.8 Å². The summed E-state index contributed by atoms with van der Waals surface area (Å²) in [6.45, 7) is 0. The van der Waals surface area contributed by atoms with Gasteiger partial charge in [-0.05, 0) is 24.3 Å². The molecule has 2 N–H and O–H groups in total. The third kappa shape index (κ3) is 1.73. The van der Waals surface area contributed by atoms with Crippen LogP contribution >= 0.6 is 0 Å². The summed E-state index contributed by atoms with van der Waals surface area (Å²) in [5.74, 6) is 0.219. The number of furan rings is 1. The lowest BCUT2D eigenvalue weighted by atomic mass is 10.2. The smallest absolute Gasteiger partial charge is 0.260 e. The molecule has 0 spiro atoms. The summed E-state index contributed by atoms with van der Waals surface area (Å²) in [4.78, 5) is 4.17. The molecule has 0 unspecified atom stereocenters. The van der Waals surface area contributed by atoms with Crippen molar-refractivity contribution in [2.24, 2.45) is 0 Å². The lowest BCUT2D eigenvalue weighted by Gasteiger charge is -1.99. The van der Waals surface area contributed by atoms with Crippen LogP contribution in [0.4, 0.5) is 10.1 Å². The molecule has 3 rings (SSSR count). The van der Waals surface area contributed by atoms with Crippen LogP contribution in [0.2, 0.25) is 0 Å². The number of nitrogen functional groups attached to an aromatic ring is 1. The Kier molecular flexibility index (Phi) is 2.33. The average molecular weight is 245 g/mol. The summed E-state index contributed by atoms with van der Waals surface area (Å²) >= 11 is 0. The van der Waals surface area contributed by atoms with Crippen LogP contribution in [0.1, 0.15) is 0 Å². The normalized spacial score (nSPS) is 10.7. The summed E-state index contributed by atoms with van der Waals surface area (Å²) < 4.78 is 23.0. The lowest BCUT2D eigenvalue weighted by Crippen LogP contribution is -1.91. The first-order valence-electron chi connectivity index (χ1n) is 5.16. The highest BCUT2D eigenvalue weighted by Crippen LogP contribution is 2.27. The number of rotatable bonds is 2. The predicted octanol–water partition coefficient (Wildman–Crippen LogP) is 2.72. The van der Waals surface area contributed by atoms with E-state index in [1.54, 1.807) is 6.07 Å². The molecule has 0 radical (unpaired) electrons. The number of nitrogens with two attached hydrogens (primary N) is 1. The van der Waals surface area contributed by atoms with Crippen molar-refractivity contribution in [2.45, 2.75) is 0 Å². The van der Waals surface area contributed by atoms with Crippen molar-refractivity contribution in [1.29, 1.82) is 0 Å². The zero-order chi connectivity index (χ0) is 12.5. The van der Waals surface area contributed by atoms with Crippen LogP contribution in [0.3, 0.4) is 0 Å². The van der Waals surface area contributed by atoms with Gasteiger partial charge in [-0.2, -0.15) is 4.98 Å². The topological polar surface area (TPSA) is 78.1 Å². The third-order valence-corrected chi connectivity index (χ3v) is 2.45. The maximum absolute atomic E-state index is 12.9. The Bertz CT molecular complexity index is 676. The summed E-state index contributed by atoms with van der Waals surface area (Å²) in [5, 5.41) is 3.80. The molecule has 0 aliphatic heterocycles. The van der Waals surface area contributed by atoms with Crippen molar-refractivity contribution in [3.63, 3.8) is 0 Å². The van der Waals surface area contributed by atoms with Gasteiger partial charge in [0.1, 0.15) is 12.1 Å².